The average Bonchev–Trinajstić information content (AvgIpc) is 2.70. The van der Waals surface area contributed by atoms with E-state index in [4.69, 9.17) is 4.74 Å². The fourth-order valence-corrected chi connectivity index (χ4v) is 3.04. The lowest BCUT2D eigenvalue weighted by atomic mass is 10.2. The molecule has 3 aromatic carbocycles. The van der Waals surface area contributed by atoms with Gasteiger partial charge in [-0.15, -0.1) is 0 Å². The Morgan fingerprint density at radius 1 is 0.857 bits per heavy atom. The smallest absolute Gasteiger partial charge is 0.255 e. The van der Waals surface area contributed by atoms with Crippen molar-refractivity contribution in [3.05, 3.63) is 84.4 Å². The SMILES string of the molecule is CCS(=O)(=O)Nc1ccc(NC(=O)c2cccc(Oc3ccccc3)c2)cc1. The van der Waals surface area contributed by atoms with Gasteiger partial charge in [0.2, 0.25) is 10.0 Å². The molecule has 0 atom stereocenters. The topological polar surface area (TPSA) is 84.5 Å². The number of hydrogen-bond acceptors (Lipinski definition) is 4. The van der Waals surface area contributed by atoms with Crippen molar-refractivity contribution in [2.24, 2.45) is 0 Å². The van der Waals surface area contributed by atoms with Crippen molar-refractivity contribution in [3.63, 3.8) is 0 Å². The molecule has 28 heavy (non-hydrogen) atoms. The lowest BCUT2D eigenvalue weighted by Gasteiger charge is -2.10. The first kappa shape index (κ1) is 19.4. The summed E-state index contributed by atoms with van der Waals surface area (Å²) in [5, 5.41) is 2.78. The van der Waals surface area contributed by atoms with Gasteiger partial charge in [0, 0.05) is 16.9 Å². The van der Waals surface area contributed by atoms with Gasteiger partial charge in [0.1, 0.15) is 11.5 Å². The molecule has 3 aromatic rings. The quantitative estimate of drug-likeness (QED) is 0.616. The highest BCUT2D eigenvalue weighted by atomic mass is 32.2. The van der Waals surface area contributed by atoms with Crippen molar-refractivity contribution >= 4 is 27.3 Å². The second kappa shape index (κ2) is 8.58. The van der Waals surface area contributed by atoms with E-state index < -0.39 is 10.0 Å². The fourth-order valence-electron chi connectivity index (χ4n) is 2.40. The van der Waals surface area contributed by atoms with Crippen molar-refractivity contribution in [1.82, 2.24) is 0 Å². The minimum Gasteiger partial charge on any atom is -0.457 e. The standard InChI is InChI=1S/C21H20N2O4S/c1-2-28(25,26)23-18-13-11-17(12-14-18)22-21(24)16-7-6-10-20(15-16)27-19-8-4-3-5-9-19/h3-15,23H,2H2,1H3,(H,22,24). The van der Waals surface area contributed by atoms with Crippen LogP contribution in [0.15, 0.2) is 78.9 Å². The summed E-state index contributed by atoms with van der Waals surface area (Å²) in [6, 6.07) is 22.6. The molecule has 1 amide bonds. The van der Waals surface area contributed by atoms with Gasteiger partial charge < -0.3 is 10.1 Å². The number of para-hydroxylation sites is 1. The number of rotatable bonds is 7. The van der Waals surface area contributed by atoms with E-state index in [1.54, 1.807) is 55.5 Å². The highest BCUT2D eigenvalue weighted by Crippen LogP contribution is 2.22. The van der Waals surface area contributed by atoms with E-state index >= 15 is 0 Å². The summed E-state index contributed by atoms with van der Waals surface area (Å²) in [5.41, 5.74) is 1.45. The summed E-state index contributed by atoms with van der Waals surface area (Å²) in [6.45, 7) is 1.56. The minimum atomic E-state index is -3.33. The molecular weight excluding hydrogens is 376 g/mol. The number of nitrogens with one attached hydrogen (secondary N) is 2. The van der Waals surface area contributed by atoms with Gasteiger partial charge in [0.25, 0.3) is 5.91 Å². The maximum absolute atomic E-state index is 12.5. The van der Waals surface area contributed by atoms with Gasteiger partial charge in [-0.1, -0.05) is 24.3 Å². The molecule has 144 valence electrons. The Kier molecular flexibility index (Phi) is 5.96. The summed E-state index contributed by atoms with van der Waals surface area (Å²) >= 11 is 0. The van der Waals surface area contributed by atoms with Gasteiger partial charge in [0.05, 0.1) is 5.75 Å². The third-order valence-corrected chi connectivity index (χ3v) is 5.18. The van der Waals surface area contributed by atoms with E-state index in [-0.39, 0.29) is 11.7 Å². The fraction of sp³-hybridized carbons (Fsp3) is 0.0952. The minimum absolute atomic E-state index is 0.00706. The Bertz CT molecular complexity index is 1050. The van der Waals surface area contributed by atoms with E-state index in [2.05, 4.69) is 10.0 Å². The zero-order valence-corrected chi connectivity index (χ0v) is 16.1. The third kappa shape index (κ3) is 5.34. The molecule has 0 aliphatic rings. The molecule has 0 spiro atoms. The Labute approximate surface area is 164 Å². The van der Waals surface area contributed by atoms with E-state index in [1.165, 1.54) is 0 Å². The third-order valence-electron chi connectivity index (χ3n) is 3.87. The Balaban J connectivity index is 1.67. The number of benzene rings is 3. The summed E-state index contributed by atoms with van der Waals surface area (Å²) < 4.78 is 31.4. The van der Waals surface area contributed by atoms with Crippen LogP contribution in [0.3, 0.4) is 0 Å². The van der Waals surface area contributed by atoms with Crippen LogP contribution in [-0.2, 0) is 10.0 Å². The van der Waals surface area contributed by atoms with Crippen molar-refractivity contribution in [2.45, 2.75) is 6.92 Å². The number of anilines is 2. The molecule has 0 radical (unpaired) electrons. The average molecular weight is 396 g/mol. The lowest BCUT2D eigenvalue weighted by molar-refractivity contribution is 0.102. The van der Waals surface area contributed by atoms with E-state index in [1.807, 2.05) is 30.3 Å². The van der Waals surface area contributed by atoms with Gasteiger partial charge >= 0.3 is 0 Å². The molecule has 7 heteroatoms. The Morgan fingerprint density at radius 2 is 1.50 bits per heavy atom. The number of hydrogen-bond donors (Lipinski definition) is 2. The van der Waals surface area contributed by atoms with E-state index in [0.29, 0.717) is 28.4 Å². The first-order valence-corrected chi connectivity index (χ1v) is 10.4. The van der Waals surface area contributed by atoms with Crippen LogP contribution in [0.5, 0.6) is 11.5 Å². The van der Waals surface area contributed by atoms with Crippen LogP contribution in [0.4, 0.5) is 11.4 Å². The molecule has 0 aromatic heterocycles. The first-order chi connectivity index (χ1) is 13.4. The Morgan fingerprint density at radius 3 is 2.18 bits per heavy atom. The summed E-state index contributed by atoms with van der Waals surface area (Å²) in [6.07, 6.45) is 0. The van der Waals surface area contributed by atoms with Gasteiger partial charge in [-0.05, 0) is 61.5 Å². The maximum atomic E-state index is 12.5. The molecule has 6 nitrogen and oxygen atoms in total. The van der Waals surface area contributed by atoms with Crippen LogP contribution in [0.2, 0.25) is 0 Å². The largest absolute Gasteiger partial charge is 0.457 e. The maximum Gasteiger partial charge on any atom is 0.255 e. The number of carbonyl (C=O) groups is 1. The molecule has 0 unspecified atom stereocenters. The molecule has 3 rings (SSSR count). The molecule has 0 heterocycles. The highest BCUT2D eigenvalue weighted by Gasteiger charge is 2.09. The van der Waals surface area contributed by atoms with Crippen LogP contribution in [0.1, 0.15) is 17.3 Å². The van der Waals surface area contributed by atoms with Crippen LogP contribution < -0.4 is 14.8 Å². The molecule has 0 saturated carbocycles. The lowest BCUT2D eigenvalue weighted by Crippen LogP contribution is -2.15. The van der Waals surface area contributed by atoms with Crippen LogP contribution in [-0.4, -0.2) is 20.1 Å². The zero-order chi connectivity index (χ0) is 20.0. The normalized spacial score (nSPS) is 10.9. The van der Waals surface area contributed by atoms with E-state index in [9.17, 15) is 13.2 Å². The monoisotopic (exact) mass is 396 g/mol. The van der Waals surface area contributed by atoms with Crippen molar-refractivity contribution in [3.8, 4) is 11.5 Å². The van der Waals surface area contributed by atoms with Crippen LogP contribution >= 0.6 is 0 Å². The molecule has 0 bridgehead atoms. The van der Waals surface area contributed by atoms with Crippen LogP contribution in [0.25, 0.3) is 0 Å². The molecule has 2 N–H and O–H groups in total. The number of amides is 1. The first-order valence-electron chi connectivity index (χ1n) is 8.70. The van der Waals surface area contributed by atoms with Gasteiger partial charge in [0.15, 0.2) is 0 Å². The van der Waals surface area contributed by atoms with Gasteiger partial charge in [-0.25, -0.2) is 8.42 Å². The summed E-state index contributed by atoms with van der Waals surface area (Å²) in [7, 11) is -3.33. The van der Waals surface area contributed by atoms with E-state index in [0.717, 1.165) is 0 Å². The van der Waals surface area contributed by atoms with Crippen molar-refractivity contribution in [1.29, 1.82) is 0 Å². The van der Waals surface area contributed by atoms with Gasteiger partial charge in [-0.3, -0.25) is 9.52 Å². The molecule has 0 aliphatic carbocycles. The molecular formula is C21H20N2O4S. The van der Waals surface area contributed by atoms with Crippen molar-refractivity contribution < 1.29 is 17.9 Å². The molecule has 0 aliphatic heterocycles. The Hall–Kier alpha value is -3.32. The van der Waals surface area contributed by atoms with Crippen LogP contribution in [0, 0.1) is 0 Å². The predicted octanol–water partition coefficient (Wildman–Crippen LogP) is 4.49. The predicted molar refractivity (Wildman–Crippen MR) is 110 cm³/mol. The zero-order valence-electron chi connectivity index (χ0n) is 15.3. The van der Waals surface area contributed by atoms with Crippen molar-refractivity contribution in [2.75, 3.05) is 15.8 Å². The number of carbonyl (C=O) groups excluding carboxylic acids is 1. The number of ether oxygens (including phenoxy) is 1. The second-order valence-electron chi connectivity index (χ2n) is 5.98. The highest BCUT2D eigenvalue weighted by molar-refractivity contribution is 7.92. The summed E-state index contributed by atoms with van der Waals surface area (Å²) in [4.78, 5) is 12.5. The second-order valence-corrected chi connectivity index (χ2v) is 7.99. The molecule has 0 fully saturated rings. The summed E-state index contributed by atoms with van der Waals surface area (Å²) in [5.74, 6) is 0.945. The molecule has 0 saturated heterocycles. The van der Waals surface area contributed by atoms with Gasteiger partial charge in [-0.2, -0.15) is 0 Å². The number of sulfonamides is 1.